The molecule has 88 valence electrons. The molecule has 15 heavy (non-hydrogen) atoms. The number of likely N-dealkylation sites (tertiary alicyclic amines) is 1. The monoisotopic (exact) mass is 213 g/mol. The van der Waals surface area contributed by atoms with Gasteiger partial charge in [-0.2, -0.15) is 0 Å². The van der Waals surface area contributed by atoms with Gasteiger partial charge in [0.05, 0.1) is 0 Å². The molecule has 0 aliphatic carbocycles. The summed E-state index contributed by atoms with van der Waals surface area (Å²) in [5.74, 6) is 0. The third-order valence-electron chi connectivity index (χ3n) is 2.72. The third kappa shape index (κ3) is 5.62. The summed E-state index contributed by atoms with van der Waals surface area (Å²) in [6, 6.07) is -0.0452. The second-order valence-corrected chi connectivity index (χ2v) is 4.04. The summed E-state index contributed by atoms with van der Waals surface area (Å²) in [6.45, 7) is 6.99. The Bertz CT molecular complexity index is 179. The highest BCUT2D eigenvalue weighted by molar-refractivity contribution is 5.73. The van der Waals surface area contributed by atoms with Crippen molar-refractivity contribution < 1.29 is 4.79 Å². The predicted molar refractivity (Wildman–Crippen MR) is 62.0 cm³/mol. The molecule has 0 bridgehead atoms. The van der Waals surface area contributed by atoms with E-state index in [1.165, 1.54) is 32.4 Å². The smallest absolute Gasteiger partial charge is 0.314 e. The molecular weight excluding hydrogens is 190 g/mol. The van der Waals surface area contributed by atoms with Gasteiger partial charge in [-0.15, -0.1) is 0 Å². The minimum atomic E-state index is -0.0452. The van der Waals surface area contributed by atoms with Gasteiger partial charge >= 0.3 is 6.03 Å². The fourth-order valence-electron chi connectivity index (χ4n) is 1.91. The number of rotatable bonds is 5. The Morgan fingerprint density at radius 1 is 1.20 bits per heavy atom. The van der Waals surface area contributed by atoms with Crippen LogP contribution in [0, 0.1) is 0 Å². The largest absolute Gasteiger partial charge is 0.338 e. The standard InChI is InChI=1S/C11H23N3O/c1-2-12-11(15)13-7-6-10-14-8-4-3-5-9-14/h2-10H2,1H3,(H2,12,13,15). The van der Waals surface area contributed by atoms with E-state index >= 15 is 0 Å². The minimum Gasteiger partial charge on any atom is -0.338 e. The normalized spacial score (nSPS) is 17.4. The Balaban J connectivity index is 1.93. The van der Waals surface area contributed by atoms with Gasteiger partial charge in [-0.05, 0) is 45.8 Å². The molecule has 1 aliphatic rings. The second-order valence-electron chi connectivity index (χ2n) is 4.04. The van der Waals surface area contributed by atoms with Crippen LogP contribution in [0.4, 0.5) is 4.79 Å². The van der Waals surface area contributed by atoms with Crippen molar-refractivity contribution in [2.24, 2.45) is 0 Å². The SMILES string of the molecule is CCNC(=O)NCCCN1CCCCC1. The van der Waals surface area contributed by atoms with Crippen molar-refractivity contribution >= 4 is 6.03 Å². The number of piperidine rings is 1. The summed E-state index contributed by atoms with van der Waals surface area (Å²) >= 11 is 0. The quantitative estimate of drug-likeness (QED) is 0.674. The number of carbonyl (C=O) groups is 1. The molecule has 0 spiro atoms. The highest BCUT2D eigenvalue weighted by Gasteiger charge is 2.08. The summed E-state index contributed by atoms with van der Waals surface area (Å²) in [4.78, 5) is 13.5. The third-order valence-corrected chi connectivity index (χ3v) is 2.72. The van der Waals surface area contributed by atoms with E-state index in [1.54, 1.807) is 0 Å². The van der Waals surface area contributed by atoms with Crippen molar-refractivity contribution in [3.05, 3.63) is 0 Å². The maximum Gasteiger partial charge on any atom is 0.314 e. The molecule has 2 N–H and O–H groups in total. The Labute approximate surface area is 92.4 Å². The number of nitrogens with zero attached hydrogens (tertiary/aromatic N) is 1. The first-order valence-electron chi connectivity index (χ1n) is 6.07. The van der Waals surface area contributed by atoms with E-state index in [1.807, 2.05) is 6.92 Å². The molecule has 4 heteroatoms. The lowest BCUT2D eigenvalue weighted by molar-refractivity contribution is 0.222. The second kappa shape index (κ2) is 7.51. The fraction of sp³-hybridized carbons (Fsp3) is 0.909. The number of hydrogen-bond donors (Lipinski definition) is 2. The first-order valence-corrected chi connectivity index (χ1v) is 6.07. The van der Waals surface area contributed by atoms with Crippen molar-refractivity contribution in [2.75, 3.05) is 32.7 Å². The first-order chi connectivity index (χ1) is 7.33. The molecule has 0 aromatic rings. The zero-order valence-electron chi connectivity index (χ0n) is 9.72. The van der Waals surface area contributed by atoms with E-state index in [-0.39, 0.29) is 6.03 Å². The average molecular weight is 213 g/mol. The summed E-state index contributed by atoms with van der Waals surface area (Å²) < 4.78 is 0. The molecule has 2 amide bonds. The summed E-state index contributed by atoms with van der Waals surface area (Å²) in [6.07, 6.45) is 5.11. The summed E-state index contributed by atoms with van der Waals surface area (Å²) in [5, 5.41) is 5.57. The van der Waals surface area contributed by atoms with Crippen molar-refractivity contribution in [1.29, 1.82) is 0 Å². The zero-order chi connectivity index (χ0) is 10.9. The van der Waals surface area contributed by atoms with Crippen LogP contribution in [0.25, 0.3) is 0 Å². The molecule has 1 aliphatic heterocycles. The molecule has 0 atom stereocenters. The van der Waals surface area contributed by atoms with E-state index in [9.17, 15) is 4.79 Å². The van der Waals surface area contributed by atoms with Crippen molar-refractivity contribution in [3.8, 4) is 0 Å². The van der Waals surface area contributed by atoms with E-state index in [0.29, 0.717) is 6.54 Å². The molecule has 0 saturated carbocycles. The maximum atomic E-state index is 11.1. The molecule has 1 fully saturated rings. The number of urea groups is 1. The van der Waals surface area contributed by atoms with E-state index in [0.717, 1.165) is 19.5 Å². The van der Waals surface area contributed by atoms with Gasteiger partial charge in [0.1, 0.15) is 0 Å². The molecular formula is C11H23N3O. The van der Waals surface area contributed by atoms with Crippen LogP contribution in [-0.4, -0.2) is 43.7 Å². The van der Waals surface area contributed by atoms with Crippen molar-refractivity contribution in [2.45, 2.75) is 32.6 Å². The lowest BCUT2D eigenvalue weighted by atomic mass is 10.1. The van der Waals surface area contributed by atoms with Crippen molar-refractivity contribution in [3.63, 3.8) is 0 Å². The van der Waals surface area contributed by atoms with Gasteiger partial charge < -0.3 is 15.5 Å². The zero-order valence-corrected chi connectivity index (χ0v) is 9.72. The van der Waals surface area contributed by atoms with Gasteiger partial charge in [0.25, 0.3) is 0 Å². The molecule has 0 radical (unpaired) electrons. The summed E-state index contributed by atoms with van der Waals surface area (Å²) in [5.41, 5.74) is 0. The van der Waals surface area contributed by atoms with Crippen molar-refractivity contribution in [1.82, 2.24) is 15.5 Å². The predicted octanol–water partition coefficient (Wildman–Crippen LogP) is 1.18. The Hall–Kier alpha value is -0.770. The molecule has 0 unspecified atom stereocenters. The fourth-order valence-corrected chi connectivity index (χ4v) is 1.91. The van der Waals surface area contributed by atoms with E-state index < -0.39 is 0 Å². The first kappa shape index (κ1) is 12.3. The Morgan fingerprint density at radius 2 is 1.93 bits per heavy atom. The highest BCUT2D eigenvalue weighted by atomic mass is 16.2. The van der Waals surface area contributed by atoms with Gasteiger partial charge in [0, 0.05) is 13.1 Å². The maximum absolute atomic E-state index is 11.1. The van der Waals surface area contributed by atoms with Crippen LogP contribution in [0.1, 0.15) is 32.6 Å². The van der Waals surface area contributed by atoms with Gasteiger partial charge in [-0.3, -0.25) is 0 Å². The van der Waals surface area contributed by atoms with Gasteiger partial charge in [-0.1, -0.05) is 6.42 Å². The van der Waals surface area contributed by atoms with E-state index in [4.69, 9.17) is 0 Å². The van der Waals surface area contributed by atoms with Gasteiger partial charge in [-0.25, -0.2) is 4.79 Å². The lowest BCUT2D eigenvalue weighted by Gasteiger charge is -2.26. The van der Waals surface area contributed by atoms with Gasteiger partial charge in [0.15, 0.2) is 0 Å². The minimum absolute atomic E-state index is 0.0452. The van der Waals surface area contributed by atoms with Crippen LogP contribution in [-0.2, 0) is 0 Å². The van der Waals surface area contributed by atoms with E-state index in [2.05, 4.69) is 15.5 Å². The Morgan fingerprint density at radius 3 is 2.60 bits per heavy atom. The number of hydrogen-bond acceptors (Lipinski definition) is 2. The summed E-state index contributed by atoms with van der Waals surface area (Å²) in [7, 11) is 0. The topological polar surface area (TPSA) is 44.4 Å². The van der Waals surface area contributed by atoms with Crippen LogP contribution in [0.15, 0.2) is 0 Å². The van der Waals surface area contributed by atoms with Crippen LogP contribution in [0.3, 0.4) is 0 Å². The molecule has 4 nitrogen and oxygen atoms in total. The molecule has 0 aromatic carbocycles. The Kier molecular flexibility index (Phi) is 6.16. The number of nitrogens with one attached hydrogen (secondary N) is 2. The molecule has 1 saturated heterocycles. The lowest BCUT2D eigenvalue weighted by Crippen LogP contribution is -2.37. The highest BCUT2D eigenvalue weighted by Crippen LogP contribution is 2.08. The number of carbonyl (C=O) groups excluding carboxylic acids is 1. The van der Waals surface area contributed by atoms with Crippen LogP contribution in [0.5, 0.6) is 0 Å². The molecule has 1 rings (SSSR count). The van der Waals surface area contributed by atoms with Gasteiger partial charge in [0.2, 0.25) is 0 Å². The molecule has 0 aromatic heterocycles. The van der Waals surface area contributed by atoms with Crippen LogP contribution >= 0.6 is 0 Å². The average Bonchev–Trinajstić information content (AvgIpc) is 2.26. The van der Waals surface area contributed by atoms with Crippen LogP contribution in [0.2, 0.25) is 0 Å². The van der Waals surface area contributed by atoms with Crippen LogP contribution < -0.4 is 10.6 Å². The number of amides is 2. The molecule has 1 heterocycles.